The molecular formula is C16H19F2NO3S. The molecule has 0 radical (unpaired) electrons. The van der Waals surface area contributed by atoms with Crippen LogP contribution in [0.4, 0.5) is 8.78 Å². The molecule has 0 aliphatic heterocycles. The van der Waals surface area contributed by atoms with Crippen LogP contribution in [-0.2, 0) is 14.6 Å². The van der Waals surface area contributed by atoms with Crippen molar-refractivity contribution in [3.8, 4) is 0 Å². The van der Waals surface area contributed by atoms with E-state index < -0.39 is 26.9 Å². The van der Waals surface area contributed by atoms with Crippen molar-refractivity contribution in [3.05, 3.63) is 35.4 Å². The number of benzene rings is 1. The zero-order chi connectivity index (χ0) is 16.8. The summed E-state index contributed by atoms with van der Waals surface area (Å²) >= 11 is 0. The second-order valence-corrected chi connectivity index (χ2v) is 9.07. The summed E-state index contributed by atoms with van der Waals surface area (Å²) in [4.78, 5) is 12.1. The Balaban J connectivity index is 1.56. The van der Waals surface area contributed by atoms with Crippen LogP contribution in [0, 0.1) is 17.0 Å². The molecule has 4 nitrogen and oxygen atoms in total. The number of nitrogens with one attached hydrogen (secondary N) is 1. The molecule has 1 aromatic carbocycles. The van der Waals surface area contributed by atoms with Crippen molar-refractivity contribution in [2.75, 3.05) is 12.0 Å². The third kappa shape index (κ3) is 4.07. The van der Waals surface area contributed by atoms with Crippen LogP contribution in [0.3, 0.4) is 0 Å². The summed E-state index contributed by atoms with van der Waals surface area (Å²) in [5.74, 6) is -1.36. The lowest BCUT2D eigenvalue weighted by atomic mass is 10.0. The molecule has 2 saturated carbocycles. The van der Waals surface area contributed by atoms with Crippen LogP contribution in [0.2, 0.25) is 0 Å². The van der Waals surface area contributed by atoms with E-state index in [0.717, 1.165) is 31.0 Å². The third-order valence-corrected chi connectivity index (χ3v) is 5.69. The molecule has 2 aliphatic carbocycles. The first-order chi connectivity index (χ1) is 10.7. The van der Waals surface area contributed by atoms with Gasteiger partial charge in [0, 0.05) is 24.6 Å². The van der Waals surface area contributed by atoms with Crippen LogP contribution in [0.5, 0.6) is 0 Å². The van der Waals surface area contributed by atoms with Gasteiger partial charge >= 0.3 is 0 Å². The summed E-state index contributed by atoms with van der Waals surface area (Å²) in [6, 6.07) is 3.12. The summed E-state index contributed by atoms with van der Waals surface area (Å²) in [6.07, 6.45) is 3.40. The maximum Gasteiger partial charge on any atom is 0.220 e. The molecule has 1 amide bonds. The zero-order valence-corrected chi connectivity index (χ0v) is 13.6. The summed E-state index contributed by atoms with van der Waals surface area (Å²) in [7, 11) is -3.11. The Labute approximate surface area is 134 Å². The average molecular weight is 343 g/mol. The first-order valence-corrected chi connectivity index (χ1v) is 9.66. The largest absolute Gasteiger partial charge is 0.353 e. The van der Waals surface area contributed by atoms with Crippen molar-refractivity contribution in [3.63, 3.8) is 0 Å². The van der Waals surface area contributed by atoms with E-state index in [-0.39, 0.29) is 35.6 Å². The fraction of sp³-hybridized carbons (Fsp3) is 0.562. The lowest BCUT2D eigenvalue weighted by Gasteiger charge is -2.13. The molecular weight excluding hydrogens is 324 g/mol. The van der Waals surface area contributed by atoms with E-state index >= 15 is 0 Å². The van der Waals surface area contributed by atoms with E-state index in [1.54, 1.807) is 0 Å². The van der Waals surface area contributed by atoms with Crippen molar-refractivity contribution >= 4 is 15.7 Å². The van der Waals surface area contributed by atoms with Crippen LogP contribution >= 0.6 is 0 Å². The van der Waals surface area contributed by atoms with Crippen molar-refractivity contribution in [1.29, 1.82) is 0 Å². The Morgan fingerprint density at radius 2 is 2.04 bits per heavy atom. The maximum atomic E-state index is 13.7. The Hall–Kier alpha value is -1.50. The molecule has 126 valence electrons. The molecule has 0 bridgehead atoms. The molecule has 0 saturated heterocycles. The van der Waals surface area contributed by atoms with Gasteiger partial charge in [0.05, 0.1) is 5.75 Å². The molecule has 1 N–H and O–H groups in total. The molecule has 0 spiro atoms. The molecule has 2 unspecified atom stereocenters. The van der Waals surface area contributed by atoms with Crippen LogP contribution in [-0.4, -0.2) is 32.4 Å². The Bertz CT molecular complexity index is 744. The molecule has 2 fully saturated rings. The molecule has 3 rings (SSSR count). The van der Waals surface area contributed by atoms with Crippen LogP contribution in [0.1, 0.15) is 37.2 Å². The van der Waals surface area contributed by atoms with E-state index in [1.165, 1.54) is 6.26 Å². The maximum absolute atomic E-state index is 13.7. The molecule has 0 heterocycles. The van der Waals surface area contributed by atoms with E-state index in [0.29, 0.717) is 6.42 Å². The van der Waals surface area contributed by atoms with Gasteiger partial charge in [0.15, 0.2) is 0 Å². The topological polar surface area (TPSA) is 63.2 Å². The highest BCUT2D eigenvalue weighted by molar-refractivity contribution is 7.90. The normalized spacial score (nSPS) is 25.0. The van der Waals surface area contributed by atoms with Gasteiger partial charge in [0.1, 0.15) is 21.5 Å². The van der Waals surface area contributed by atoms with E-state index in [2.05, 4.69) is 5.32 Å². The fourth-order valence-electron chi connectivity index (χ4n) is 3.20. The van der Waals surface area contributed by atoms with Crippen LogP contribution in [0.25, 0.3) is 0 Å². The molecule has 7 heteroatoms. The lowest BCUT2D eigenvalue weighted by Crippen LogP contribution is -2.31. The minimum absolute atomic E-state index is 0.0278. The molecule has 0 aromatic heterocycles. The summed E-state index contributed by atoms with van der Waals surface area (Å²) < 4.78 is 49.7. The van der Waals surface area contributed by atoms with Crippen LogP contribution in [0.15, 0.2) is 18.2 Å². The summed E-state index contributed by atoms with van der Waals surface area (Å²) in [6.45, 7) is 0. The highest BCUT2D eigenvalue weighted by atomic mass is 32.2. The Kier molecular flexibility index (Phi) is 3.94. The quantitative estimate of drug-likeness (QED) is 0.861. The number of amides is 1. The minimum atomic E-state index is -3.11. The zero-order valence-electron chi connectivity index (χ0n) is 12.8. The number of sulfone groups is 1. The lowest BCUT2D eigenvalue weighted by molar-refractivity contribution is -0.122. The highest BCUT2D eigenvalue weighted by Gasteiger charge is 2.48. The Morgan fingerprint density at radius 3 is 2.65 bits per heavy atom. The van der Waals surface area contributed by atoms with Crippen LogP contribution < -0.4 is 5.32 Å². The van der Waals surface area contributed by atoms with Gasteiger partial charge in [-0.15, -0.1) is 0 Å². The number of halogens is 2. The molecule has 2 atom stereocenters. The van der Waals surface area contributed by atoms with Crippen molar-refractivity contribution in [2.24, 2.45) is 5.41 Å². The predicted octanol–water partition coefficient (Wildman–Crippen LogP) is 2.15. The van der Waals surface area contributed by atoms with Gasteiger partial charge in [0.25, 0.3) is 0 Å². The van der Waals surface area contributed by atoms with Crippen molar-refractivity contribution < 1.29 is 22.0 Å². The Morgan fingerprint density at radius 1 is 1.35 bits per heavy atom. The number of carbonyl (C=O) groups excluding carboxylic acids is 1. The molecule has 1 aromatic rings. The minimum Gasteiger partial charge on any atom is -0.353 e. The number of hydrogen-bond donors (Lipinski definition) is 1. The van der Waals surface area contributed by atoms with Gasteiger partial charge in [-0.25, -0.2) is 17.2 Å². The second kappa shape index (κ2) is 5.54. The first-order valence-electron chi connectivity index (χ1n) is 7.60. The second-order valence-electron chi connectivity index (χ2n) is 6.93. The van der Waals surface area contributed by atoms with E-state index in [4.69, 9.17) is 0 Å². The van der Waals surface area contributed by atoms with Gasteiger partial charge in [0.2, 0.25) is 5.91 Å². The van der Waals surface area contributed by atoms with E-state index in [1.807, 2.05) is 0 Å². The molecule has 2 aliphatic rings. The average Bonchev–Trinajstić information content (AvgIpc) is 3.30. The van der Waals surface area contributed by atoms with Gasteiger partial charge in [-0.1, -0.05) is 0 Å². The number of hydrogen-bond acceptors (Lipinski definition) is 3. The van der Waals surface area contributed by atoms with E-state index in [9.17, 15) is 22.0 Å². The monoisotopic (exact) mass is 343 g/mol. The highest BCUT2D eigenvalue weighted by Crippen LogP contribution is 2.50. The summed E-state index contributed by atoms with van der Waals surface area (Å²) in [5, 5.41) is 2.81. The van der Waals surface area contributed by atoms with Crippen molar-refractivity contribution in [1.82, 2.24) is 5.32 Å². The third-order valence-electron chi connectivity index (χ3n) is 4.56. The molecule has 23 heavy (non-hydrogen) atoms. The number of rotatable bonds is 6. The van der Waals surface area contributed by atoms with Gasteiger partial charge in [-0.05, 0) is 48.4 Å². The first kappa shape index (κ1) is 16.4. The predicted molar refractivity (Wildman–Crippen MR) is 81.6 cm³/mol. The fourth-order valence-corrected chi connectivity index (χ4v) is 4.70. The summed E-state index contributed by atoms with van der Waals surface area (Å²) in [5.41, 5.74) is -0.140. The van der Waals surface area contributed by atoms with Crippen molar-refractivity contribution in [2.45, 2.75) is 37.6 Å². The number of carbonyl (C=O) groups is 1. The van der Waals surface area contributed by atoms with Gasteiger partial charge < -0.3 is 5.32 Å². The van der Waals surface area contributed by atoms with Gasteiger partial charge in [-0.3, -0.25) is 4.79 Å². The SMILES string of the molecule is CS(=O)(=O)CC1(CC(=O)NC2CC2c2cc(F)ccc2F)CC1. The smallest absolute Gasteiger partial charge is 0.220 e. The standard InChI is InChI=1S/C16H19F2NO3S/c1-23(21,22)9-16(4-5-16)8-15(20)19-14-7-12(14)11-6-10(17)2-3-13(11)18/h2-3,6,12,14H,4-5,7-9H2,1H3,(H,19,20). The van der Waals surface area contributed by atoms with Gasteiger partial charge in [-0.2, -0.15) is 0 Å².